The van der Waals surface area contributed by atoms with Crippen LogP contribution in [0.1, 0.15) is 29.2 Å². The van der Waals surface area contributed by atoms with Crippen LogP contribution in [0.25, 0.3) is 0 Å². The van der Waals surface area contributed by atoms with Gasteiger partial charge in [0, 0.05) is 35.4 Å². The summed E-state index contributed by atoms with van der Waals surface area (Å²) in [5.41, 5.74) is 1.13. The third-order valence-corrected chi connectivity index (χ3v) is 7.96. The van der Waals surface area contributed by atoms with Gasteiger partial charge in [0.1, 0.15) is 11.6 Å². The van der Waals surface area contributed by atoms with Gasteiger partial charge in [-0.15, -0.1) is 11.3 Å². The lowest BCUT2D eigenvalue weighted by atomic mass is 9.97. The van der Waals surface area contributed by atoms with E-state index in [4.69, 9.17) is 0 Å². The zero-order chi connectivity index (χ0) is 25.7. The Kier molecular flexibility index (Phi) is 7.85. The molecule has 190 valence electrons. The molecule has 0 radical (unpaired) electrons. The van der Waals surface area contributed by atoms with Gasteiger partial charge in [0.25, 0.3) is 10.0 Å². The lowest BCUT2D eigenvalue weighted by molar-refractivity contribution is -0.121. The summed E-state index contributed by atoms with van der Waals surface area (Å²) in [5, 5.41) is 7.70. The quantitative estimate of drug-likeness (QED) is 0.430. The van der Waals surface area contributed by atoms with Crippen LogP contribution in [-0.4, -0.2) is 48.3 Å². The summed E-state index contributed by atoms with van der Waals surface area (Å²) < 4.78 is 27.9. The number of anilines is 2. The van der Waals surface area contributed by atoms with E-state index in [1.807, 2.05) is 17.5 Å². The van der Waals surface area contributed by atoms with Crippen LogP contribution in [0.15, 0.2) is 52.7 Å². The van der Waals surface area contributed by atoms with Crippen LogP contribution >= 0.6 is 11.3 Å². The molecule has 1 atom stereocenters. The number of piperidine rings is 1. The van der Waals surface area contributed by atoms with Crippen LogP contribution in [0.2, 0.25) is 0 Å². The molecule has 3 amide bonds. The molecule has 1 saturated heterocycles. The van der Waals surface area contributed by atoms with E-state index in [1.165, 1.54) is 24.3 Å². The number of carbonyl (C=O) groups is 2. The molecule has 0 aliphatic carbocycles. The molecule has 2 aromatic heterocycles. The first-order valence-electron chi connectivity index (χ1n) is 11.5. The number of hydrogen-bond acceptors (Lipinski definition) is 7. The highest BCUT2D eigenvalue weighted by Gasteiger charge is 2.28. The normalized spacial score (nSPS) is 15.8. The number of carbonyl (C=O) groups excluding carboxylic acids is 2. The van der Waals surface area contributed by atoms with Crippen molar-refractivity contribution in [3.05, 3.63) is 64.2 Å². The van der Waals surface area contributed by atoms with Crippen LogP contribution in [0.5, 0.6) is 0 Å². The average Bonchev–Trinajstić information content (AvgIpc) is 3.36. The number of urea groups is 1. The summed E-state index contributed by atoms with van der Waals surface area (Å²) >= 11 is 1.58. The van der Waals surface area contributed by atoms with Crippen molar-refractivity contribution in [3.63, 3.8) is 0 Å². The number of rotatable bonds is 7. The Morgan fingerprint density at radius 1 is 1.14 bits per heavy atom. The van der Waals surface area contributed by atoms with Crippen molar-refractivity contribution in [2.45, 2.75) is 38.1 Å². The van der Waals surface area contributed by atoms with Gasteiger partial charge in [-0.1, -0.05) is 6.07 Å². The van der Waals surface area contributed by atoms with Crippen molar-refractivity contribution in [2.75, 3.05) is 23.1 Å². The van der Waals surface area contributed by atoms with E-state index in [0.29, 0.717) is 43.3 Å². The fraction of sp³-hybridized carbons (Fsp3) is 0.333. The van der Waals surface area contributed by atoms with E-state index in [0.717, 1.165) is 11.3 Å². The molecule has 1 aromatic carbocycles. The monoisotopic (exact) mass is 528 g/mol. The van der Waals surface area contributed by atoms with Crippen molar-refractivity contribution in [2.24, 2.45) is 5.92 Å². The highest BCUT2D eigenvalue weighted by atomic mass is 32.2. The molecule has 10 nitrogen and oxygen atoms in total. The maximum atomic E-state index is 12.9. The van der Waals surface area contributed by atoms with Gasteiger partial charge in [0.05, 0.1) is 17.4 Å². The summed E-state index contributed by atoms with van der Waals surface area (Å²) in [6, 6.07) is 11.2. The van der Waals surface area contributed by atoms with Crippen LogP contribution in [0.3, 0.4) is 0 Å². The molecule has 3 N–H and O–H groups in total. The van der Waals surface area contributed by atoms with Crippen molar-refractivity contribution >= 4 is 44.8 Å². The molecule has 1 aliphatic rings. The van der Waals surface area contributed by atoms with Gasteiger partial charge in [0.15, 0.2) is 0 Å². The highest BCUT2D eigenvalue weighted by Crippen LogP contribution is 2.21. The minimum Gasteiger partial charge on any atom is -0.333 e. The fourth-order valence-corrected chi connectivity index (χ4v) is 5.63. The molecule has 4 rings (SSSR count). The number of thiophene rings is 1. The Morgan fingerprint density at radius 2 is 1.92 bits per heavy atom. The molecule has 3 heterocycles. The van der Waals surface area contributed by atoms with Gasteiger partial charge in [-0.2, -0.15) is 0 Å². The van der Waals surface area contributed by atoms with Gasteiger partial charge in [-0.25, -0.2) is 23.2 Å². The van der Waals surface area contributed by atoms with E-state index >= 15 is 0 Å². The molecule has 1 fully saturated rings. The SMILES string of the molecule is Cc1cc(NS(=O)(=O)c2ccc(NC(=O)C3CCCN(C(=O)NCc4cccs4)C3)cc2)nc(C)n1. The Hall–Kier alpha value is -3.51. The first-order valence-corrected chi connectivity index (χ1v) is 13.9. The molecule has 12 heteroatoms. The second kappa shape index (κ2) is 11.0. The number of sulfonamides is 1. The maximum Gasteiger partial charge on any atom is 0.317 e. The Balaban J connectivity index is 1.33. The number of benzene rings is 1. The second-order valence-corrected chi connectivity index (χ2v) is 11.3. The Labute approximate surface area is 214 Å². The number of amides is 3. The van der Waals surface area contributed by atoms with Crippen LogP contribution in [0, 0.1) is 19.8 Å². The molecule has 0 saturated carbocycles. The Bertz CT molecular complexity index is 1310. The summed E-state index contributed by atoms with van der Waals surface area (Å²) in [4.78, 5) is 36.4. The molecule has 0 spiro atoms. The van der Waals surface area contributed by atoms with E-state index in [1.54, 1.807) is 36.2 Å². The lowest BCUT2D eigenvalue weighted by Crippen LogP contribution is -2.47. The molecule has 1 unspecified atom stereocenters. The maximum absolute atomic E-state index is 12.9. The summed E-state index contributed by atoms with van der Waals surface area (Å²) in [6.07, 6.45) is 1.41. The number of hydrogen-bond donors (Lipinski definition) is 3. The Morgan fingerprint density at radius 3 is 2.61 bits per heavy atom. The van der Waals surface area contributed by atoms with Crippen molar-refractivity contribution in [1.29, 1.82) is 0 Å². The number of aryl methyl sites for hydroxylation is 2. The summed E-state index contributed by atoms with van der Waals surface area (Å²) in [5.74, 6) is 0.109. The summed E-state index contributed by atoms with van der Waals surface area (Å²) in [6.45, 7) is 4.84. The van der Waals surface area contributed by atoms with E-state index < -0.39 is 10.0 Å². The number of likely N-dealkylation sites (tertiary alicyclic amines) is 1. The lowest BCUT2D eigenvalue weighted by Gasteiger charge is -2.32. The van der Waals surface area contributed by atoms with Gasteiger partial charge >= 0.3 is 6.03 Å². The number of nitrogens with one attached hydrogen (secondary N) is 3. The van der Waals surface area contributed by atoms with Gasteiger partial charge in [-0.3, -0.25) is 9.52 Å². The minimum atomic E-state index is -3.85. The second-order valence-electron chi connectivity index (χ2n) is 8.58. The third kappa shape index (κ3) is 6.58. The van der Waals surface area contributed by atoms with Crippen LogP contribution in [0.4, 0.5) is 16.3 Å². The first-order chi connectivity index (χ1) is 17.2. The van der Waals surface area contributed by atoms with Crippen LogP contribution in [-0.2, 0) is 21.4 Å². The third-order valence-electron chi connectivity index (χ3n) is 5.71. The van der Waals surface area contributed by atoms with E-state index in [-0.39, 0.29) is 28.6 Å². The topological polar surface area (TPSA) is 133 Å². The van der Waals surface area contributed by atoms with E-state index in [2.05, 4.69) is 25.3 Å². The van der Waals surface area contributed by atoms with Gasteiger partial charge in [-0.05, 0) is 62.4 Å². The van der Waals surface area contributed by atoms with Gasteiger partial charge in [0.2, 0.25) is 5.91 Å². The largest absolute Gasteiger partial charge is 0.333 e. The zero-order valence-electron chi connectivity index (χ0n) is 20.0. The molecular weight excluding hydrogens is 500 g/mol. The zero-order valence-corrected chi connectivity index (χ0v) is 21.7. The molecule has 1 aliphatic heterocycles. The minimum absolute atomic E-state index is 0.0423. The first kappa shape index (κ1) is 25.6. The van der Waals surface area contributed by atoms with Crippen molar-refractivity contribution in [3.8, 4) is 0 Å². The van der Waals surface area contributed by atoms with Crippen molar-refractivity contribution < 1.29 is 18.0 Å². The molecule has 0 bridgehead atoms. The standard InChI is InChI=1S/C24H28N6O4S2/c1-16-13-22(27-17(2)26-16)29-36(33,34)21-9-7-19(8-10-21)28-23(31)18-5-3-11-30(15-18)24(32)25-14-20-6-4-12-35-20/h4,6-10,12-13,18H,3,5,11,14-15H2,1-2H3,(H,25,32)(H,28,31)(H,26,27,29). The van der Waals surface area contributed by atoms with Crippen molar-refractivity contribution in [1.82, 2.24) is 20.2 Å². The van der Waals surface area contributed by atoms with Crippen LogP contribution < -0.4 is 15.4 Å². The average molecular weight is 529 g/mol. The highest BCUT2D eigenvalue weighted by molar-refractivity contribution is 7.92. The fourth-order valence-electron chi connectivity index (χ4n) is 3.99. The number of nitrogens with zero attached hydrogens (tertiary/aromatic N) is 3. The molecular formula is C24H28N6O4S2. The summed E-state index contributed by atoms with van der Waals surface area (Å²) in [7, 11) is -3.85. The van der Waals surface area contributed by atoms with E-state index in [9.17, 15) is 18.0 Å². The van der Waals surface area contributed by atoms with Gasteiger partial charge < -0.3 is 15.5 Å². The molecule has 3 aromatic rings. The molecule has 36 heavy (non-hydrogen) atoms. The smallest absolute Gasteiger partial charge is 0.317 e. The predicted molar refractivity (Wildman–Crippen MR) is 138 cm³/mol. The number of aromatic nitrogens is 2. The predicted octanol–water partition coefficient (Wildman–Crippen LogP) is 3.52.